The van der Waals surface area contributed by atoms with Crippen molar-refractivity contribution in [2.75, 3.05) is 46.9 Å². The molecule has 7 nitrogen and oxygen atoms in total. The van der Waals surface area contributed by atoms with Crippen LogP contribution in [0.15, 0.2) is 18.2 Å². The Kier molecular flexibility index (Phi) is 6.55. The minimum absolute atomic E-state index is 0.0490. The molecule has 152 valence electrons. The Hall–Kier alpha value is -1.64. The highest BCUT2D eigenvalue weighted by atomic mass is 32.2. The summed E-state index contributed by atoms with van der Waals surface area (Å²) in [6.07, 6.45) is 0. The number of benzene rings is 1. The van der Waals surface area contributed by atoms with Gasteiger partial charge in [-0.3, -0.25) is 4.79 Å². The number of piperazine rings is 1. The highest BCUT2D eigenvalue weighted by Crippen LogP contribution is 2.32. The fraction of sp³-hybridized carbons (Fsp3) is 0.632. The van der Waals surface area contributed by atoms with Gasteiger partial charge in [-0.2, -0.15) is 17.0 Å². The number of rotatable bonds is 5. The first-order valence-corrected chi connectivity index (χ1v) is 10.5. The average molecular weight is 398 g/mol. The van der Waals surface area contributed by atoms with Crippen molar-refractivity contribution in [2.24, 2.45) is 0 Å². The molecule has 2 rings (SSSR count). The molecule has 0 atom stereocenters. The summed E-state index contributed by atoms with van der Waals surface area (Å²) in [6.45, 7) is 9.65. The molecule has 27 heavy (non-hydrogen) atoms. The molecule has 0 N–H and O–H groups in total. The van der Waals surface area contributed by atoms with Crippen LogP contribution in [0.5, 0.6) is 5.75 Å². The minimum Gasteiger partial charge on any atom is -0.483 e. The number of amides is 1. The maximum atomic E-state index is 12.5. The number of hydrogen-bond donors (Lipinski definition) is 0. The summed E-state index contributed by atoms with van der Waals surface area (Å²) >= 11 is 0. The van der Waals surface area contributed by atoms with E-state index >= 15 is 0 Å². The molecule has 1 aliphatic rings. The lowest BCUT2D eigenvalue weighted by Gasteiger charge is -2.35. The smallest absolute Gasteiger partial charge is 0.281 e. The van der Waals surface area contributed by atoms with Crippen molar-refractivity contribution in [2.45, 2.75) is 33.1 Å². The van der Waals surface area contributed by atoms with Gasteiger partial charge in [-0.25, -0.2) is 0 Å². The summed E-state index contributed by atoms with van der Waals surface area (Å²) in [5.41, 5.74) is 2.13. The van der Waals surface area contributed by atoms with Crippen LogP contribution >= 0.6 is 0 Å². The highest BCUT2D eigenvalue weighted by molar-refractivity contribution is 7.86. The van der Waals surface area contributed by atoms with Crippen molar-refractivity contribution in [3.05, 3.63) is 29.3 Å². The van der Waals surface area contributed by atoms with Crippen molar-refractivity contribution in [1.82, 2.24) is 13.5 Å². The van der Waals surface area contributed by atoms with Gasteiger partial charge in [0.2, 0.25) is 0 Å². The van der Waals surface area contributed by atoms with Gasteiger partial charge in [0.05, 0.1) is 0 Å². The van der Waals surface area contributed by atoms with E-state index in [-0.39, 0.29) is 17.9 Å². The van der Waals surface area contributed by atoms with Crippen LogP contribution < -0.4 is 4.74 Å². The Morgan fingerprint density at radius 3 is 2.26 bits per heavy atom. The number of carbonyl (C=O) groups excluding carboxylic acids is 1. The van der Waals surface area contributed by atoms with Crippen LogP contribution in [0, 0.1) is 6.92 Å². The van der Waals surface area contributed by atoms with Crippen LogP contribution in [-0.2, 0) is 20.4 Å². The number of hydrogen-bond acceptors (Lipinski definition) is 4. The maximum Gasteiger partial charge on any atom is 0.281 e. The molecule has 0 aliphatic carbocycles. The molecule has 1 aromatic rings. The van der Waals surface area contributed by atoms with E-state index in [1.54, 1.807) is 4.90 Å². The van der Waals surface area contributed by atoms with Crippen LogP contribution in [0.1, 0.15) is 31.9 Å². The summed E-state index contributed by atoms with van der Waals surface area (Å²) in [4.78, 5) is 14.2. The summed E-state index contributed by atoms with van der Waals surface area (Å²) in [5.74, 6) is 0.590. The molecular weight excluding hydrogens is 366 g/mol. The first-order chi connectivity index (χ1) is 12.4. The first-order valence-electron chi connectivity index (χ1n) is 9.12. The largest absolute Gasteiger partial charge is 0.483 e. The second-order valence-electron chi connectivity index (χ2n) is 8.11. The van der Waals surface area contributed by atoms with E-state index in [0.29, 0.717) is 26.2 Å². The summed E-state index contributed by atoms with van der Waals surface area (Å²) in [5, 5.41) is 0. The molecule has 1 fully saturated rings. The fourth-order valence-electron chi connectivity index (χ4n) is 2.99. The molecule has 0 radical (unpaired) electrons. The minimum atomic E-state index is -3.43. The molecule has 1 saturated heterocycles. The lowest BCUT2D eigenvalue weighted by molar-refractivity contribution is -0.134. The Balaban J connectivity index is 1.97. The fourth-order valence-corrected chi connectivity index (χ4v) is 4.07. The number of carbonyl (C=O) groups is 1. The van der Waals surface area contributed by atoms with Gasteiger partial charge in [0.25, 0.3) is 16.1 Å². The SMILES string of the molecule is Cc1ccc(OCC(=O)N2CCN(S(=O)(=O)N(C)C)CC2)c(C(C)(C)C)c1. The van der Waals surface area contributed by atoms with E-state index in [1.807, 2.05) is 19.1 Å². The third kappa shape index (κ3) is 5.21. The van der Waals surface area contributed by atoms with Crippen LogP contribution in [-0.4, -0.2) is 74.7 Å². The van der Waals surface area contributed by atoms with E-state index in [4.69, 9.17) is 4.74 Å². The molecule has 0 unspecified atom stereocenters. The Morgan fingerprint density at radius 2 is 1.74 bits per heavy atom. The zero-order chi connectivity index (χ0) is 20.4. The molecule has 1 aromatic carbocycles. The van der Waals surface area contributed by atoms with Crippen LogP contribution in [0.4, 0.5) is 0 Å². The van der Waals surface area contributed by atoms with Crippen molar-refractivity contribution in [1.29, 1.82) is 0 Å². The predicted octanol–water partition coefficient (Wildman–Crippen LogP) is 1.62. The predicted molar refractivity (Wildman–Crippen MR) is 106 cm³/mol. The van der Waals surface area contributed by atoms with Crippen LogP contribution in [0.3, 0.4) is 0 Å². The Labute approximate surface area is 163 Å². The molecule has 8 heteroatoms. The monoisotopic (exact) mass is 397 g/mol. The summed E-state index contributed by atoms with van der Waals surface area (Å²) in [7, 11) is -0.415. The average Bonchev–Trinajstić information content (AvgIpc) is 2.59. The topological polar surface area (TPSA) is 70.2 Å². The lowest BCUT2D eigenvalue weighted by Crippen LogP contribution is -2.53. The van der Waals surface area contributed by atoms with Gasteiger partial charge >= 0.3 is 0 Å². The van der Waals surface area contributed by atoms with E-state index < -0.39 is 10.2 Å². The van der Waals surface area contributed by atoms with E-state index in [1.165, 1.54) is 22.7 Å². The second kappa shape index (κ2) is 8.16. The maximum absolute atomic E-state index is 12.5. The molecule has 0 saturated carbocycles. The van der Waals surface area contributed by atoms with Crippen molar-refractivity contribution in [3.8, 4) is 5.75 Å². The highest BCUT2D eigenvalue weighted by Gasteiger charge is 2.30. The normalized spacial score (nSPS) is 16.6. The van der Waals surface area contributed by atoms with Gasteiger partial charge in [-0.05, 0) is 24.0 Å². The quantitative estimate of drug-likeness (QED) is 0.757. The van der Waals surface area contributed by atoms with Crippen molar-refractivity contribution in [3.63, 3.8) is 0 Å². The van der Waals surface area contributed by atoms with Crippen molar-refractivity contribution >= 4 is 16.1 Å². The summed E-state index contributed by atoms with van der Waals surface area (Å²) < 4.78 is 32.7. The van der Waals surface area contributed by atoms with Crippen molar-refractivity contribution < 1.29 is 17.9 Å². The first kappa shape index (κ1) is 21.7. The Morgan fingerprint density at radius 1 is 1.15 bits per heavy atom. The molecule has 0 spiro atoms. The molecule has 0 bridgehead atoms. The number of nitrogens with zero attached hydrogens (tertiary/aromatic N) is 3. The third-order valence-corrected chi connectivity index (χ3v) is 6.61. The van der Waals surface area contributed by atoms with E-state index in [9.17, 15) is 13.2 Å². The molecular formula is C19H31N3O4S. The third-order valence-electron chi connectivity index (χ3n) is 4.67. The zero-order valence-corrected chi connectivity index (χ0v) is 18.0. The number of aryl methyl sites for hydroxylation is 1. The molecule has 1 heterocycles. The zero-order valence-electron chi connectivity index (χ0n) is 17.2. The van der Waals surface area contributed by atoms with E-state index in [0.717, 1.165) is 16.9 Å². The van der Waals surface area contributed by atoms with Gasteiger partial charge in [0, 0.05) is 40.3 Å². The standard InChI is InChI=1S/C19H31N3O4S/c1-15-7-8-17(16(13-15)19(2,3)4)26-14-18(23)21-9-11-22(12-10-21)27(24,25)20(5)6/h7-8,13H,9-12,14H2,1-6H3. The number of ether oxygens (including phenoxy) is 1. The Bertz CT molecular complexity index is 777. The lowest BCUT2D eigenvalue weighted by atomic mass is 9.85. The molecule has 1 aliphatic heterocycles. The van der Waals surface area contributed by atoms with Gasteiger partial charge in [0.15, 0.2) is 6.61 Å². The molecule has 1 amide bonds. The summed E-state index contributed by atoms with van der Waals surface area (Å²) in [6, 6.07) is 5.97. The second-order valence-corrected chi connectivity index (χ2v) is 10.3. The van der Waals surface area contributed by atoms with E-state index in [2.05, 4.69) is 26.8 Å². The van der Waals surface area contributed by atoms with Gasteiger partial charge < -0.3 is 9.64 Å². The van der Waals surface area contributed by atoms with Gasteiger partial charge in [-0.15, -0.1) is 0 Å². The van der Waals surface area contributed by atoms with Crippen LogP contribution in [0.25, 0.3) is 0 Å². The molecule has 0 aromatic heterocycles. The van der Waals surface area contributed by atoms with Gasteiger partial charge in [-0.1, -0.05) is 38.5 Å². The van der Waals surface area contributed by atoms with Gasteiger partial charge in [0.1, 0.15) is 5.75 Å². The van der Waals surface area contributed by atoms with Crippen LogP contribution in [0.2, 0.25) is 0 Å².